The zero-order valence-corrected chi connectivity index (χ0v) is 27.0. The minimum atomic E-state index is -5.08. The number of nitrogens with one attached hydrogen (secondary N) is 3. The number of rotatable bonds is 14. The van der Waals surface area contributed by atoms with Gasteiger partial charge in [-0.05, 0) is 62.0 Å². The van der Waals surface area contributed by atoms with E-state index in [0.29, 0.717) is 18.8 Å². The van der Waals surface area contributed by atoms with Gasteiger partial charge < -0.3 is 30.5 Å². The van der Waals surface area contributed by atoms with Crippen LogP contribution in [-0.2, 0) is 41.7 Å². The Morgan fingerprint density at radius 1 is 0.938 bits per heavy atom. The van der Waals surface area contributed by atoms with E-state index in [1.54, 1.807) is 6.92 Å². The molecule has 48 heavy (non-hydrogen) atoms. The van der Waals surface area contributed by atoms with Crippen molar-refractivity contribution in [3.8, 4) is 0 Å². The number of esters is 1. The fourth-order valence-electron chi connectivity index (χ4n) is 5.19. The highest BCUT2D eigenvalue weighted by atomic mass is 19.4. The van der Waals surface area contributed by atoms with Crippen molar-refractivity contribution in [1.29, 1.82) is 0 Å². The highest BCUT2D eigenvalue weighted by Crippen LogP contribution is 2.37. The average Bonchev–Trinajstić information content (AvgIpc) is 3.77. The van der Waals surface area contributed by atoms with Crippen molar-refractivity contribution in [3.63, 3.8) is 0 Å². The van der Waals surface area contributed by atoms with Crippen LogP contribution in [0.25, 0.3) is 0 Å². The molecule has 2 aliphatic rings. The molecule has 3 amide bonds. The summed E-state index contributed by atoms with van der Waals surface area (Å²) in [5.41, 5.74) is 2.03. The maximum atomic E-state index is 13.0. The van der Waals surface area contributed by atoms with Gasteiger partial charge in [0.15, 0.2) is 6.10 Å². The lowest BCUT2D eigenvalue weighted by atomic mass is 9.87. The monoisotopic (exact) mass is 677 g/mol. The first-order valence-electron chi connectivity index (χ1n) is 15.8. The number of alkyl halides is 3. The third-order valence-corrected chi connectivity index (χ3v) is 7.89. The van der Waals surface area contributed by atoms with Gasteiger partial charge in [0.2, 0.25) is 5.91 Å². The van der Waals surface area contributed by atoms with Crippen LogP contribution in [0.4, 0.5) is 18.0 Å². The molecule has 1 unspecified atom stereocenters. The zero-order chi connectivity index (χ0) is 35.4. The number of alkyl carbamates (subject to hydrolysis) is 1. The SMILES string of the molecule is CC(C)C[C@@H]1C(=O)O[C@H]1C(=O)N[C@H]1C[C@H]1CC(CCc1ccccc1)NC(=O)[C@H](C)NC(=O)OCc1ccccc1.O=C(O)C(F)(F)F. The van der Waals surface area contributed by atoms with Gasteiger partial charge in [0.05, 0.1) is 0 Å². The third kappa shape index (κ3) is 12.5. The van der Waals surface area contributed by atoms with E-state index in [9.17, 15) is 32.3 Å². The molecule has 14 heteroatoms. The van der Waals surface area contributed by atoms with Crippen LogP contribution in [0.5, 0.6) is 0 Å². The number of halogens is 3. The molecular weight excluding hydrogens is 635 g/mol. The molecule has 2 aromatic carbocycles. The summed E-state index contributed by atoms with van der Waals surface area (Å²) in [6.07, 6.45) is -2.83. The standard InChI is InChI=1S/C32H41N3O6.C2HF3O2/c1-20(2)16-26-28(41-31(26)38)30(37)35-27-18-24(27)17-25(15-14-22-10-6-4-7-11-22)34-29(36)21(3)33-32(39)40-19-23-12-8-5-9-13-23;3-2(4,5)1(6)7/h4-13,20-21,24-28H,14-19H2,1-3H3,(H,33,39)(H,34,36)(H,35,37);(H,6,7)/t21-,24+,25?,26-,27-,28+;/m0./s1. The number of carboxylic acid groups (broad SMARTS) is 1. The summed E-state index contributed by atoms with van der Waals surface area (Å²) in [6, 6.07) is 18.4. The molecule has 1 aliphatic carbocycles. The Labute approximate surface area is 276 Å². The smallest absolute Gasteiger partial charge is 0.475 e. The van der Waals surface area contributed by atoms with Crippen LogP contribution in [-0.4, -0.2) is 65.4 Å². The van der Waals surface area contributed by atoms with Crippen molar-refractivity contribution in [2.45, 2.75) is 89.9 Å². The summed E-state index contributed by atoms with van der Waals surface area (Å²) in [6.45, 7) is 5.78. The summed E-state index contributed by atoms with van der Waals surface area (Å²) in [4.78, 5) is 58.8. The van der Waals surface area contributed by atoms with Gasteiger partial charge in [-0.3, -0.25) is 14.4 Å². The van der Waals surface area contributed by atoms with Crippen molar-refractivity contribution < 1.29 is 51.7 Å². The Morgan fingerprint density at radius 3 is 2.06 bits per heavy atom. The molecular formula is C34H42F3N3O8. The highest BCUT2D eigenvalue weighted by molar-refractivity contribution is 5.94. The van der Waals surface area contributed by atoms with Crippen molar-refractivity contribution in [2.24, 2.45) is 17.8 Å². The lowest BCUT2D eigenvalue weighted by molar-refractivity contribution is -0.192. The fourth-order valence-corrected chi connectivity index (χ4v) is 5.19. The van der Waals surface area contributed by atoms with E-state index in [-0.39, 0.29) is 48.3 Å². The highest BCUT2D eigenvalue weighted by Gasteiger charge is 2.49. The normalized spacial score (nSPS) is 20.9. The van der Waals surface area contributed by atoms with Crippen molar-refractivity contribution in [1.82, 2.24) is 16.0 Å². The molecule has 2 fully saturated rings. The van der Waals surface area contributed by atoms with E-state index in [1.165, 1.54) is 5.56 Å². The van der Waals surface area contributed by atoms with Crippen LogP contribution < -0.4 is 16.0 Å². The predicted molar refractivity (Wildman–Crippen MR) is 167 cm³/mol. The van der Waals surface area contributed by atoms with Crippen LogP contribution in [0.1, 0.15) is 57.6 Å². The molecule has 262 valence electrons. The number of carbonyl (C=O) groups excluding carboxylic acids is 4. The second kappa shape index (κ2) is 17.5. The summed E-state index contributed by atoms with van der Waals surface area (Å²) in [5.74, 6) is -3.46. The molecule has 2 aromatic rings. The Morgan fingerprint density at radius 2 is 1.52 bits per heavy atom. The number of amides is 3. The first kappa shape index (κ1) is 37.8. The number of carbonyl (C=O) groups is 5. The molecule has 11 nitrogen and oxygen atoms in total. The van der Waals surface area contributed by atoms with Crippen LogP contribution in [0.15, 0.2) is 60.7 Å². The number of ether oxygens (including phenoxy) is 2. The lowest BCUT2D eigenvalue weighted by Crippen LogP contribution is -2.55. The van der Waals surface area contributed by atoms with E-state index < -0.39 is 30.4 Å². The quantitative estimate of drug-likeness (QED) is 0.212. The van der Waals surface area contributed by atoms with Gasteiger partial charge in [-0.25, -0.2) is 9.59 Å². The van der Waals surface area contributed by atoms with Gasteiger partial charge in [-0.1, -0.05) is 74.5 Å². The molecule has 6 atom stereocenters. The van der Waals surface area contributed by atoms with E-state index in [0.717, 1.165) is 24.8 Å². The molecule has 4 rings (SSSR count). The Balaban J connectivity index is 0.000000804. The third-order valence-electron chi connectivity index (χ3n) is 7.89. The van der Waals surface area contributed by atoms with Crippen molar-refractivity contribution in [2.75, 3.05) is 0 Å². The maximum absolute atomic E-state index is 13.0. The van der Waals surface area contributed by atoms with Gasteiger partial charge in [-0.15, -0.1) is 0 Å². The number of aryl methyl sites for hydroxylation is 1. The predicted octanol–water partition coefficient (Wildman–Crippen LogP) is 4.53. The van der Waals surface area contributed by atoms with Gasteiger partial charge >= 0.3 is 24.2 Å². The van der Waals surface area contributed by atoms with Gasteiger partial charge in [0.25, 0.3) is 5.91 Å². The summed E-state index contributed by atoms with van der Waals surface area (Å²) >= 11 is 0. The molecule has 0 aromatic heterocycles. The Bertz CT molecular complexity index is 1390. The minimum Gasteiger partial charge on any atom is -0.475 e. The molecule has 4 N–H and O–H groups in total. The maximum Gasteiger partial charge on any atom is 0.490 e. The summed E-state index contributed by atoms with van der Waals surface area (Å²) in [7, 11) is 0. The molecule has 0 radical (unpaired) electrons. The molecule has 1 heterocycles. The van der Waals surface area contributed by atoms with Crippen LogP contribution in [0, 0.1) is 17.8 Å². The molecule has 0 bridgehead atoms. The van der Waals surface area contributed by atoms with Crippen LogP contribution in [0.3, 0.4) is 0 Å². The summed E-state index contributed by atoms with van der Waals surface area (Å²) < 4.78 is 42.1. The first-order chi connectivity index (χ1) is 22.6. The average molecular weight is 678 g/mol. The van der Waals surface area contributed by atoms with E-state index >= 15 is 0 Å². The Kier molecular flexibility index (Phi) is 13.8. The number of benzene rings is 2. The van der Waals surface area contributed by atoms with Crippen molar-refractivity contribution >= 4 is 29.8 Å². The fraction of sp³-hybridized carbons (Fsp3) is 0.500. The molecule has 0 spiro atoms. The van der Waals surface area contributed by atoms with E-state index in [2.05, 4.69) is 28.1 Å². The number of hydrogen-bond donors (Lipinski definition) is 4. The van der Waals surface area contributed by atoms with Crippen LogP contribution >= 0.6 is 0 Å². The second-order valence-corrected chi connectivity index (χ2v) is 12.4. The number of cyclic esters (lactones) is 1. The van der Waals surface area contributed by atoms with Crippen molar-refractivity contribution in [3.05, 3.63) is 71.8 Å². The number of aliphatic carboxylic acids is 1. The Hall–Kier alpha value is -4.62. The van der Waals surface area contributed by atoms with E-state index in [4.69, 9.17) is 19.4 Å². The molecule has 1 aliphatic heterocycles. The second-order valence-electron chi connectivity index (χ2n) is 12.4. The van der Waals surface area contributed by atoms with E-state index in [1.807, 2.05) is 62.4 Å². The largest absolute Gasteiger partial charge is 0.490 e. The first-order valence-corrected chi connectivity index (χ1v) is 15.8. The topological polar surface area (TPSA) is 160 Å². The number of hydrogen-bond acceptors (Lipinski definition) is 7. The molecule has 1 saturated heterocycles. The zero-order valence-electron chi connectivity index (χ0n) is 27.0. The molecule has 1 saturated carbocycles. The van der Waals surface area contributed by atoms with Gasteiger partial charge in [0, 0.05) is 12.1 Å². The minimum absolute atomic E-state index is 0.0128. The lowest BCUT2D eigenvalue weighted by Gasteiger charge is -2.34. The number of carboxylic acids is 1. The van der Waals surface area contributed by atoms with Gasteiger partial charge in [0.1, 0.15) is 18.6 Å². The van der Waals surface area contributed by atoms with Crippen LogP contribution in [0.2, 0.25) is 0 Å². The summed E-state index contributed by atoms with van der Waals surface area (Å²) in [5, 5.41) is 15.9. The van der Waals surface area contributed by atoms with Gasteiger partial charge in [-0.2, -0.15) is 13.2 Å².